The normalized spacial score (nSPS) is 11.2. The van der Waals surface area contributed by atoms with E-state index < -0.39 is 8.07 Å². The first-order chi connectivity index (χ1) is 29.3. The minimum Gasteiger partial charge on any atom is -0.455 e. The SMILES string of the molecule is C#C.c1ccc(-c2cccc3c2oc2c(-c4ccc(N(c5ccccc5)c5ccc([Si](c6ccccc6)(c6ccccc6)c6ccccc6)cc5)cc4)cccc23)cc1. The quantitative estimate of drug-likeness (QED) is 0.0825. The fourth-order valence-corrected chi connectivity index (χ4v) is 13.4. The van der Waals surface area contributed by atoms with Crippen LogP contribution in [0.1, 0.15) is 0 Å². The molecule has 0 amide bonds. The van der Waals surface area contributed by atoms with E-state index in [2.05, 4.69) is 248 Å². The highest BCUT2D eigenvalue weighted by Gasteiger charge is 2.41. The van der Waals surface area contributed by atoms with Gasteiger partial charge in [-0.05, 0) is 68.3 Å². The summed E-state index contributed by atoms with van der Waals surface area (Å²) in [6.45, 7) is 0. The third kappa shape index (κ3) is 6.72. The average molecular weight is 772 g/mol. The maximum absolute atomic E-state index is 6.77. The van der Waals surface area contributed by atoms with Crippen LogP contribution in [0.5, 0.6) is 0 Å². The van der Waals surface area contributed by atoms with Gasteiger partial charge in [-0.15, -0.1) is 12.8 Å². The number of furan rings is 1. The molecular weight excluding hydrogens is 731 g/mol. The molecule has 0 N–H and O–H groups in total. The molecule has 0 saturated carbocycles. The summed E-state index contributed by atoms with van der Waals surface area (Å²) in [5, 5.41) is 7.68. The summed E-state index contributed by atoms with van der Waals surface area (Å²) >= 11 is 0. The van der Waals surface area contributed by atoms with E-state index in [0.717, 1.165) is 61.3 Å². The molecule has 59 heavy (non-hydrogen) atoms. The van der Waals surface area contributed by atoms with Gasteiger partial charge in [-0.3, -0.25) is 0 Å². The van der Waals surface area contributed by atoms with E-state index in [-0.39, 0.29) is 0 Å². The molecule has 0 aliphatic carbocycles. The number of benzene rings is 9. The Labute approximate surface area is 347 Å². The predicted octanol–water partition coefficient (Wildman–Crippen LogP) is 12.0. The molecule has 0 radical (unpaired) electrons. The first kappa shape index (κ1) is 37.0. The van der Waals surface area contributed by atoms with E-state index >= 15 is 0 Å². The largest absolute Gasteiger partial charge is 0.455 e. The van der Waals surface area contributed by atoms with Crippen LogP contribution in [-0.4, -0.2) is 8.07 Å². The Balaban J connectivity index is 0.00000221. The topological polar surface area (TPSA) is 16.4 Å². The monoisotopic (exact) mass is 771 g/mol. The van der Waals surface area contributed by atoms with E-state index in [4.69, 9.17) is 4.42 Å². The minimum atomic E-state index is -2.65. The van der Waals surface area contributed by atoms with Crippen molar-refractivity contribution in [1.82, 2.24) is 0 Å². The second-order valence-electron chi connectivity index (χ2n) is 14.4. The molecule has 0 bridgehead atoms. The lowest BCUT2D eigenvalue weighted by Gasteiger charge is -2.35. The highest BCUT2D eigenvalue weighted by Crippen LogP contribution is 2.41. The Morgan fingerprint density at radius 3 is 1.08 bits per heavy atom. The van der Waals surface area contributed by atoms with E-state index in [1.54, 1.807) is 0 Å². The molecule has 2 nitrogen and oxygen atoms in total. The average Bonchev–Trinajstić information content (AvgIpc) is 3.72. The van der Waals surface area contributed by atoms with Gasteiger partial charge in [0.25, 0.3) is 0 Å². The maximum atomic E-state index is 6.77. The summed E-state index contributed by atoms with van der Waals surface area (Å²) in [6.07, 6.45) is 8.00. The molecule has 10 aromatic rings. The number of hydrogen-bond acceptors (Lipinski definition) is 2. The molecule has 0 atom stereocenters. The second-order valence-corrected chi connectivity index (χ2v) is 18.3. The van der Waals surface area contributed by atoms with Crippen LogP contribution in [0.3, 0.4) is 0 Å². The van der Waals surface area contributed by atoms with Gasteiger partial charge in [0.2, 0.25) is 0 Å². The van der Waals surface area contributed by atoms with Crippen molar-refractivity contribution in [1.29, 1.82) is 0 Å². The first-order valence-electron chi connectivity index (χ1n) is 19.8. The maximum Gasteiger partial charge on any atom is 0.179 e. The van der Waals surface area contributed by atoms with Crippen molar-refractivity contribution in [2.75, 3.05) is 4.90 Å². The van der Waals surface area contributed by atoms with Crippen LogP contribution in [0.4, 0.5) is 17.1 Å². The molecule has 0 unspecified atom stereocenters. The van der Waals surface area contributed by atoms with Crippen molar-refractivity contribution in [3.05, 3.63) is 237 Å². The van der Waals surface area contributed by atoms with Crippen LogP contribution in [0.25, 0.3) is 44.2 Å². The van der Waals surface area contributed by atoms with Crippen molar-refractivity contribution in [2.24, 2.45) is 0 Å². The van der Waals surface area contributed by atoms with E-state index in [0.29, 0.717) is 0 Å². The lowest BCUT2D eigenvalue weighted by atomic mass is 10.00. The third-order valence-electron chi connectivity index (χ3n) is 11.2. The van der Waals surface area contributed by atoms with Crippen LogP contribution in [0.2, 0.25) is 0 Å². The molecule has 0 saturated heterocycles. The summed E-state index contributed by atoms with van der Waals surface area (Å²) in [5.74, 6) is 0. The zero-order chi connectivity index (χ0) is 40.0. The number of anilines is 3. The molecule has 0 fully saturated rings. The smallest absolute Gasteiger partial charge is 0.179 e. The number of para-hydroxylation sites is 3. The fraction of sp³-hybridized carbons (Fsp3) is 0. The van der Waals surface area contributed by atoms with Crippen molar-refractivity contribution >= 4 is 67.8 Å². The van der Waals surface area contributed by atoms with E-state index in [1.807, 2.05) is 6.07 Å². The molecule has 3 heteroatoms. The Hall–Kier alpha value is -7.64. The predicted molar refractivity (Wildman–Crippen MR) is 253 cm³/mol. The van der Waals surface area contributed by atoms with Crippen LogP contribution in [-0.2, 0) is 0 Å². The Morgan fingerprint density at radius 1 is 0.305 bits per heavy atom. The number of nitrogens with zero attached hydrogens (tertiary/aromatic N) is 1. The first-order valence-corrected chi connectivity index (χ1v) is 21.8. The van der Waals surface area contributed by atoms with Gasteiger partial charge in [-0.25, -0.2) is 0 Å². The number of rotatable bonds is 9. The van der Waals surface area contributed by atoms with Gasteiger partial charge in [0.1, 0.15) is 11.2 Å². The lowest BCUT2D eigenvalue weighted by molar-refractivity contribution is 0.671. The number of fused-ring (bicyclic) bond motifs is 3. The molecule has 9 aromatic carbocycles. The highest BCUT2D eigenvalue weighted by molar-refractivity contribution is 7.19. The van der Waals surface area contributed by atoms with Gasteiger partial charge >= 0.3 is 0 Å². The van der Waals surface area contributed by atoms with Crippen molar-refractivity contribution in [3.63, 3.8) is 0 Å². The third-order valence-corrected chi connectivity index (χ3v) is 16.0. The Morgan fingerprint density at radius 2 is 0.644 bits per heavy atom. The standard InChI is InChI=1S/C54H39NOSi.C2H2/c1-6-18-40(19-7-1)49-28-16-30-51-52-31-17-29-50(54(52)56-53(49)51)41-32-34-43(35-33-41)55(42-20-8-2-9-21-42)44-36-38-48(39-37-44)57(45-22-10-3-11-23-45,46-24-12-4-13-25-46)47-26-14-5-15-27-47;1-2/h1-39H;1-2H. The van der Waals surface area contributed by atoms with E-state index in [1.165, 1.54) is 20.7 Å². The highest BCUT2D eigenvalue weighted by atomic mass is 28.3. The van der Waals surface area contributed by atoms with Crippen molar-refractivity contribution in [2.45, 2.75) is 0 Å². The van der Waals surface area contributed by atoms with Gasteiger partial charge in [-0.2, -0.15) is 0 Å². The summed E-state index contributed by atoms with van der Waals surface area (Å²) < 4.78 is 6.77. The number of terminal acetylenes is 1. The van der Waals surface area contributed by atoms with Gasteiger partial charge in [0.05, 0.1) is 0 Å². The summed E-state index contributed by atoms with van der Waals surface area (Å²) in [4.78, 5) is 2.35. The zero-order valence-electron chi connectivity index (χ0n) is 32.5. The summed E-state index contributed by atoms with van der Waals surface area (Å²) in [6, 6.07) is 85.5. The van der Waals surface area contributed by atoms with Crippen molar-refractivity contribution < 1.29 is 4.42 Å². The molecule has 280 valence electrons. The van der Waals surface area contributed by atoms with Crippen LogP contribution in [0.15, 0.2) is 241 Å². The van der Waals surface area contributed by atoms with Crippen LogP contribution < -0.4 is 25.6 Å². The van der Waals surface area contributed by atoms with Gasteiger partial charge in [-0.1, -0.05) is 200 Å². The molecule has 1 heterocycles. The Kier molecular flexibility index (Phi) is 10.3. The van der Waals surface area contributed by atoms with Crippen LogP contribution in [0, 0.1) is 12.8 Å². The fourth-order valence-electron chi connectivity index (χ4n) is 8.63. The molecule has 0 spiro atoms. The zero-order valence-corrected chi connectivity index (χ0v) is 33.5. The van der Waals surface area contributed by atoms with Crippen molar-refractivity contribution in [3.8, 4) is 35.1 Å². The Bertz CT molecular complexity index is 2860. The molecule has 1 aromatic heterocycles. The summed E-state index contributed by atoms with van der Waals surface area (Å²) in [5.41, 5.74) is 9.54. The molecule has 10 rings (SSSR count). The molecule has 0 aliphatic rings. The van der Waals surface area contributed by atoms with E-state index in [9.17, 15) is 0 Å². The molecular formula is C56H41NOSi. The van der Waals surface area contributed by atoms with Gasteiger partial charge in [0, 0.05) is 39.0 Å². The lowest BCUT2D eigenvalue weighted by Crippen LogP contribution is -2.74. The summed E-state index contributed by atoms with van der Waals surface area (Å²) in [7, 11) is -2.65. The van der Waals surface area contributed by atoms with Gasteiger partial charge in [0.15, 0.2) is 8.07 Å². The minimum absolute atomic E-state index is 0.905. The second kappa shape index (κ2) is 16.4. The van der Waals surface area contributed by atoms with Gasteiger partial charge < -0.3 is 9.32 Å². The van der Waals surface area contributed by atoms with Crippen LogP contribution >= 0.6 is 0 Å². The number of hydrogen-bond donors (Lipinski definition) is 0. The molecule has 0 aliphatic heterocycles.